The number of nitrogen functional groups attached to an aromatic ring is 1. The Morgan fingerprint density at radius 3 is 2.43 bits per heavy atom. The quantitative estimate of drug-likeness (QED) is 0.930. The molecule has 2 aliphatic rings. The number of sulfone groups is 1. The Kier molecular flexibility index (Phi) is 3.17. The lowest BCUT2D eigenvalue weighted by molar-refractivity contribution is 0.498. The zero-order chi connectivity index (χ0) is 15.6. The number of rotatable bonds is 3. The Balaban J connectivity index is 2.01. The fourth-order valence-electron chi connectivity index (χ4n) is 3.51. The van der Waals surface area contributed by atoms with E-state index in [1.807, 2.05) is 0 Å². The molecule has 0 aromatic carbocycles. The molecule has 2 atom stereocenters. The third kappa shape index (κ3) is 2.47. The van der Waals surface area contributed by atoms with E-state index in [0.29, 0.717) is 24.1 Å². The van der Waals surface area contributed by atoms with Crippen LogP contribution in [0.3, 0.4) is 0 Å². The summed E-state index contributed by atoms with van der Waals surface area (Å²) in [5.74, 6) is 1.85. The molecule has 2 N–H and O–H groups in total. The average Bonchev–Trinajstić information content (AvgIpc) is 2.68. The van der Waals surface area contributed by atoms with Crippen molar-refractivity contribution in [2.24, 2.45) is 5.41 Å². The van der Waals surface area contributed by atoms with Crippen molar-refractivity contribution in [3.05, 3.63) is 11.3 Å². The summed E-state index contributed by atoms with van der Waals surface area (Å²) >= 11 is 0. The van der Waals surface area contributed by atoms with Crippen LogP contribution in [-0.4, -0.2) is 29.7 Å². The molecule has 5 nitrogen and oxygen atoms in total. The molecule has 1 saturated carbocycles. The summed E-state index contributed by atoms with van der Waals surface area (Å²) in [5, 5.41) is 4.76. The molecular formula is C15H25N3O2S. The largest absolute Gasteiger partial charge is 0.384 e. The molecule has 3 rings (SSSR count). The van der Waals surface area contributed by atoms with Gasteiger partial charge in [0.05, 0.1) is 23.2 Å². The second-order valence-electron chi connectivity index (χ2n) is 7.59. The lowest BCUT2D eigenvalue weighted by Crippen LogP contribution is -2.15. The molecule has 118 valence electrons. The first kappa shape index (κ1) is 14.9. The monoisotopic (exact) mass is 311 g/mol. The number of nitrogens with zero attached hydrogens (tertiary/aromatic N) is 2. The Morgan fingerprint density at radius 1 is 1.38 bits per heavy atom. The van der Waals surface area contributed by atoms with Gasteiger partial charge in [-0.25, -0.2) is 13.1 Å². The molecule has 1 aliphatic heterocycles. The van der Waals surface area contributed by atoms with Crippen LogP contribution in [0.2, 0.25) is 0 Å². The van der Waals surface area contributed by atoms with Crippen LogP contribution in [-0.2, 0) is 9.84 Å². The minimum Gasteiger partial charge on any atom is -0.384 e. The van der Waals surface area contributed by atoms with Gasteiger partial charge in [0.2, 0.25) is 0 Å². The van der Waals surface area contributed by atoms with Crippen LogP contribution in [0.25, 0.3) is 0 Å². The van der Waals surface area contributed by atoms with Crippen LogP contribution >= 0.6 is 0 Å². The third-order valence-corrected chi connectivity index (χ3v) is 6.74. The van der Waals surface area contributed by atoms with Gasteiger partial charge in [-0.15, -0.1) is 0 Å². The topological polar surface area (TPSA) is 78.0 Å². The Bertz CT molecular complexity index is 673. The minimum atomic E-state index is -2.93. The van der Waals surface area contributed by atoms with E-state index in [1.54, 1.807) is 4.68 Å². The standard InChI is InChI=1S/C15H25N3O2S/c1-9(2)12-13(11-7-15(11,3)4)17-18(14(12)16)10-5-6-21(19,20)8-10/h9-11H,5-8,16H2,1-4H3. The van der Waals surface area contributed by atoms with Crippen LogP contribution in [0.1, 0.15) is 69.7 Å². The van der Waals surface area contributed by atoms with Gasteiger partial charge >= 0.3 is 0 Å². The maximum atomic E-state index is 11.7. The summed E-state index contributed by atoms with van der Waals surface area (Å²) in [6.07, 6.45) is 1.76. The molecule has 6 heteroatoms. The first-order valence-corrected chi connectivity index (χ1v) is 9.53. The summed E-state index contributed by atoms with van der Waals surface area (Å²) in [6.45, 7) is 8.75. The summed E-state index contributed by atoms with van der Waals surface area (Å²) in [4.78, 5) is 0. The van der Waals surface area contributed by atoms with Crippen molar-refractivity contribution < 1.29 is 8.42 Å². The van der Waals surface area contributed by atoms with E-state index in [9.17, 15) is 8.42 Å². The van der Waals surface area contributed by atoms with Crippen LogP contribution in [0, 0.1) is 5.41 Å². The van der Waals surface area contributed by atoms with Crippen molar-refractivity contribution in [1.82, 2.24) is 9.78 Å². The first-order chi connectivity index (χ1) is 9.62. The lowest BCUT2D eigenvalue weighted by atomic mass is 9.97. The smallest absolute Gasteiger partial charge is 0.152 e. The zero-order valence-electron chi connectivity index (χ0n) is 13.3. The van der Waals surface area contributed by atoms with Crippen molar-refractivity contribution in [3.8, 4) is 0 Å². The fraction of sp³-hybridized carbons (Fsp3) is 0.800. The van der Waals surface area contributed by atoms with Gasteiger partial charge in [-0.05, 0) is 24.2 Å². The predicted molar refractivity (Wildman–Crippen MR) is 84.2 cm³/mol. The molecule has 1 aromatic heterocycles. The molecule has 1 aromatic rings. The highest BCUT2D eigenvalue weighted by atomic mass is 32.2. The van der Waals surface area contributed by atoms with Crippen LogP contribution in [0.4, 0.5) is 5.82 Å². The Morgan fingerprint density at radius 2 is 2.00 bits per heavy atom. The van der Waals surface area contributed by atoms with Crippen molar-refractivity contribution in [2.75, 3.05) is 17.2 Å². The maximum Gasteiger partial charge on any atom is 0.152 e. The minimum absolute atomic E-state index is 0.0943. The molecule has 2 heterocycles. The molecule has 0 radical (unpaired) electrons. The van der Waals surface area contributed by atoms with Crippen molar-refractivity contribution >= 4 is 15.7 Å². The summed E-state index contributed by atoms with van der Waals surface area (Å²) in [5.41, 5.74) is 8.84. The van der Waals surface area contributed by atoms with Gasteiger partial charge in [-0.3, -0.25) is 0 Å². The normalized spacial score (nSPS) is 30.0. The summed E-state index contributed by atoms with van der Waals surface area (Å²) in [7, 11) is -2.93. The van der Waals surface area contributed by atoms with E-state index in [1.165, 1.54) is 0 Å². The van der Waals surface area contributed by atoms with E-state index in [0.717, 1.165) is 17.7 Å². The highest BCUT2D eigenvalue weighted by Gasteiger charge is 2.50. The lowest BCUT2D eigenvalue weighted by Gasteiger charge is -2.11. The second-order valence-corrected chi connectivity index (χ2v) is 9.81. The summed E-state index contributed by atoms with van der Waals surface area (Å²) in [6, 6.07) is -0.0943. The molecule has 21 heavy (non-hydrogen) atoms. The average molecular weight is 311 g/mol. The first-order valence-electron chi connectivity index (χ1n) is 7.70. The SMILES string of the molecule is CC(C)c1c(C2CC2(C)C)nn(C2CCS(=O)(=O)C2)c1N. The van der Waals surface area contributed by atoms with Crippen molar-refractivity contribution in [3.63, 3.8) is 0 Å². The number of anilines is 1. The van der Waals surface area contributed by atoms with Gasteiger partial charge in [0, 0.05) is 11.5 Å². The second kappa shape index (κ2) is 4.48. The van der Waals surface area contributed by atoms with Gasteiger partial charge in [0.25, 0.3) is 0 Å². The predicted octanol–water partition coefficient (Wildman–Crippen LogP) is 2.46. The molecule has 2 unspecified atom stereocenters. The number of hydrogen-bond donors (Lipinski definition) is 1. The van der Waals surface area contributed by atoms with E-state index in [4.69, 9.17) is 10.8 Å². The van der Waals surface area contributed by atoms with E-state index < -0.39 is 9.84 Å². The highest BCUT2D eigenvalue weighted by Crippen LogP contribution is 2.60. The maximum absolute atomic E-state index is 11.7. The van der Waals surface area contributed by atoms with Crippen LogP contribution < -0.4 is 5.73 Å². The molecular weight excluding hydrogens is 286 g/mol. The van der Waals surface area contributed by atoms with Gasteiger partial charge in [-0.2, -0.15) is 5.10 Å². The van der Waals surface area contributed by atoms with Gasteiger partial charge in [0.15, 0.2) is 9.84 Å². The number of hydrogen-bond acceptors (Lipinski definition) is 4. The van der Waals surface area contributed by atoms with Gasteiger partial charge in [-0.1, -0.05) is 27.7 Å². The van der Waals surface area contributed by atoms with Crippen molar-refractivity contribution in [2.45, 2.75) is 58.4 Å². The zero-order valence-corrected chi connectivity index (χ0v) is 14.1. The Labute approximate surface area is 126 Å². The summed E-state index contributed by atoms with van der Waals surface area (Å²) < 4.78 is 25.2. The molecule has 0 spiro atoms. The van der Waals surface area contributed by atoms with E-state index in [-0.39, 0.29) is 23.0 Å². The van der Waals surface area contributed by atoms with E-state index >= 15 is 0 Å². The van der Waals surface area contributed by atoms with Gasteiger partial charge in [0.1, 0.15) is 5.82 Å². The molecule has 2 fully saturated rings. The Hall–Kier alpha value is -1.04. The van der Waals surface area contributed by atoms with Crippen LogP contribution in [0.5, 0.6) is 0 Å². The van der Waals surface area contributed by atoms with E-state index in [2.05, 4.69) is 27.7 Å². The fourth-order valence-corrected chi connectivity index (χ4v) is 5.20. The molecule has 0 amide bonds. The van der Waals surface area contributed by atoms with Crippen LogP contribution in [0.15, 0.2) is 0 Å². The number of aromatic nitrogens is 2. The molecule has 0 bridgehead atoms. The molecule has 1 saturated heterocycles. The third-order valence-electron chi connectivity index (χ3n) is 4.99. The van der Waals surface area contributed by atoms with Gasteiger partial charge < -0.3 is 5.73 Å². The van der Waals surface area contributed by atoms with Crippen molar-refractivity contribution in [1.29, 1.82) is 0 Å². The molecule has 1 aliphatic carbocycles. The number of nitrogens with two attached hydrogens (primary N) is 1. The highest BCUT2D eigenvalue weighted by molar-refractivity contribution is 7.91.